The van der Waals surface area contributed by atoms with Crippen LogP contribution >= 0.6 is 0 Å². The molecule has 0 aliphatic rings. The van der Waals surface area contributed by atoms with Crippen molar-refractivity contribution in [3.63, 3.8) is 0 Å². The SMILES string of the molecule is C=C[C@@H](C#CC#CCCCCCCCCCC)OC(C)=O. The third-order valence-corrected chi connectivity index (χ3v) is 3.03. The molecule has 0 saturated heterocycles. The molecule has 0 fully saturated rings. The van der Waals surface area contributed by atoms with Crippen LogP contribution in [0.4, 0.5) is 0 Å². The first-order chi connectivity index (χ1) is 10.2. The van der Waals surface area contributed by atoms with Crippen LogP contribution in [0.25, 0.3) is 0 Å². The molecule has 0 aliphatic heterocycles. The zero-order chi connectivity index (χ0) is 15.8. The van der Waals surface area contributed by atoms with E-state index in [9.17, 15) is 4.79 Å². The molecule has 0 unspecified atom stereocenters. The van der Waals surface area contributed by atoms with Crippen LogP contribution in [0.5, 0.6) is 0 Å². The van der Waals surface area contributed by atoms with E-state index in [0.717, 1.165) is 12.8 Å². The number of esters is 1. The fourth-order valence-electron chi connectivity index (χ4n) is 1.88. The minimum absolute atomic E-state index is 0.360. The molecule has 0 aromatic rings. The summed E-state index contributed by atoms with van der Waals surface area (Å²) in [5.41, 5.74) is 0. The lowest BCUT2D eigenvalue weighted by Gasteiger charge is -2.03. The second-order valence-electron chi connectivity index (χ2n) is 5.06. The van der Waals surface area contributed by atoms with Gasteiger partial charge in [-0.3, -0.25) is 4.79 Å². The fourth-order valence-corrected chi connectivity index (χ4v) is 1.88. The molecule has 0 radical (unpaired) electrons. The van der Waals surface area contributed by atoms with Gasteiger partial charge in [-0.15, -0.1) is 0 Å². The van der Waals surface area contributed by atoms with Crippen molar-refractivity contribution in [2.45, 2.75) is 77.7 Å². The molecule has 2 nitrogen and oxygen atoms in total. The number of unbranched alkanes of at least 4 members (excludes halogenated alkanes) is 8. The Morgan fingerprint density at radius 2 is 1.71 bits per heavy atom. The Kier molecular flexibility index (Phi) is 13.6. The van der Waals surface area contributed by atoms with Gasteiger partial charge in [-0.2, -0.15) is 0 Å². The van der Waals surface area contributed by atoms with Gasteiger partial charge in [0.15, 0.2) is 6.10 Å². The molecule has 0 N–H and O–H groups in total. The summed E-state index contributed by atoms with van der Waals surface area (Å²) in [4.78, 5) is 10.8. The first-order valence-corrected chi connectivity index (χ1v) is 7.98. The largest absolute Gasteiger partial charge is 0.445 e. The number of carbonyl (C=O) groups excluding carboxylic acids is 1. The summed E-state index contributed by atoms with van der Waals surface area (Å²) in [5.74, 6) is 10.9. The Hall–Kier alpha value is -1.67. The summed E-state index contributed by atoms with van der Waals surface area (Å²) in [7, 11) is 0. The van der Waals surface area contributed by atoms with Crippen LogP contribution in [0.3, 0.4) is 0 Å². The molecular weight excluding hydrogens is 260 g/mol. The van der Waals surface area contributed by atoms with E-state index < -0.39 is 6.10 Å². The maximum absolute atomic E-state index is 10.8. The number of carbonyl (C=O) groups is 1. The van der Waals surface area contributed by atoms with Crippen LogP contribution in [-0.4, -0.2) is 12.1 Å². The molecule has 0 spiro atoms. The Morgan fingerprint density at radius 1 is 1.10 bits per heavy atom. The number of ether oxygens (including phenoxy) is 1. The lowest BCUT2D eigenvalue weighted by molar-refractivity contribution is -0.142. The molecule has 0 saturated carbocycles. The van der Waals surface area contributed by atoms with Crippen molar-refractivity contribution >= 4 is 5.97 Å². The topological polar surface area (TPSA) is 26.3 Å². The van der Waals surface area contributed by atoms with Gasteiger partial charge in [-0.25, -0.2) is 0 Å². The maximum Gasteiger partial charge on any atom is 0.304 e. The minimum Gasteiger partial charge on any atom is -0.445 e. The second-order valence-corrected chi connectivity index (χ2v) is 5.06. The van der Waals surface area contributed by atoms with E-state index in [1.165, 1.54) is 57.9 Å². The van der Waals surface area contributed by atoms with Crippen LogP contribution in [0.15, 0.2) is 12.7 Å². The van der Waals surface area contributed by atoms with E-state index in [0.29, 0.717) is 0 Å². The average Bonchev–Trinajstić information content (AvgIpc) is 2.46. The first kappa shape index (κ1) is 19.3. The molecule has 21 heavy (non-hydrogen) atoms. The van der Waals surface area contributed by atoms with Crippen molar-refractivity contribution in [3.05, 3.63) is 12.7 Å². The fraction of sp³-hybridized carbons (Fsp3) is 0.632. The van der Waals surface area contributed by atoms with E-state index >= 15 is 0 Å². The van der Waals surface area contributed by atoms with Gasteiger partial charge < -0.3 is 4.74 Å². The Morgan fingerprint density at radius 3 is 2.29 bits per heavy atom. The molecule has 0 aromatic heterocycles. The van der Waals surface area contributed by atoms with Gasteiger partial charge in [0.05, 0.1) is 0 Å². The van der Waals surface area contributed by atoms with E-state index in [2.05, 4.69) is 37.2 Å². The van der Waals surface area contributed by atoms with Crippen LogP contribution < -0.4 is 0 Å². The molecule has 0 heterocycles. The highest BCUT2D eigenvalue weighted by atomic mass is 16.5. The van der Waals surface area contributed by atoms with Crippen molar-refractivity contribution in [1.82, 2.24) is 0 Å². The molecule has 116 valence electrons. The van der Waals surface area contributed by atoms with E-state index in [1.807, 2.05) is 0 Å². The van der Waals surface area contributed by atoms with Crippen LogP contribution in [0.1, 0.15) is 71.6 Å². The van der Waals surface area contributed by atoms with Gasteiger partial charge in [0.25, 0.3) is 0 Å². The maximum atomic E-state index is 10.8. The highest BCUT2D eigenvalue weighted by Crippen LogP contribution is 2.08. The lowest BCUT2D eigenvalue weighted by atomic mass is 10.1. The summed E-state index contributed by atoms with van der Waals surface area (Å²) in [6.07, 6.45) is 12.3. The molecular formula is C19H28O2. The monoisotopic (exact) mass is 288 g/mol. The summed E-state index contributed by atoms with van der Waals surface area (Å²) < 4.78 is 4.90. The number of hydrogen-bond donors (Lipinski definition) is 0. The van der Waals surface area contributed by atoms with Crippen molar-refractivity contribution in [2.75, 3.05) is 0 Å². The number of rotatable bonds is 10. The normalized spacial score (nSPS) is 10.6. The molecule has 0 rings (SSSR count). The van der Waals surface area contributed by atoms with Gasteiger partial charge in [-0.1, -0.05) is 64.4 Å². The molecule has 0 aromatic carbocycles. The number of hydrogen-bond acceptors (Lipinski definition) is 2. The van der Waals surface area contributed by atoms with Gasteiger partial charge >= 0.3 is 5.97 Å². The quantitative estimate of drug-likeness (QED) is 0.253. The van der Waals surface area contributed by atoms with Gasteiger partial charge in [-0.05, 0) is 30.3 Å². The Labute approximate surface area is 130 Å². The summed E-state index contributed by atoms with van der Waals surface area (Å²) in [6.45, 7) is 7.16. The zero-order valence-electron chi connectivity index (χ0n) is 13.5. The highest BCUT2D eigenvalue weighted by molar-refractivity contribution is 5.66. The third kappa shape index (κ3) is 14.5. The van der Waals surface area contributed by atoms with Crippen molar-refractivity contribution < 1.29 is 9.53 Å². The summed E-state index contributed by atoms with van der Waals surface area (Å²) >= 11 is 0. The van der Waals surface area contributed by atoms with E-state index in [1.54, 1.807) is 0 Å². The van der Waals surface area contributed by atoms with Gasteiger partial charge in [0.2, 0.25) is 0 Å². The van der Waals surface area contributed by atoms with Gasteiger partial charge in [0.1, 0.15) is 0 Å². The average molecular weight is 288 g/mol. The highest BCUT2D eigenvalue weighted by Gasteiger charge is 2.01. The molecule has 0 amide bonds. The molecule has 1 atom stereocenters. The predicted molar refractivity (Wildman–Crippen MR) is 88.5 cm³/mol. The first-order valence-electron chi connectivity index (χ1n) is 7.98. The van der Waals surface area contributed by atoms with Crippen molar-refractivity contribution in [2.24, 2.45) is 0 Å². The Bertz CT molecular complexity index is 401. The van der Waals surface area contributed by atoms with Crippen LogP contribution in [0.2, 0.25) is 0 Å². The van der Waals surface area contributed by atoms with E-state index in [4.69, 9.17) is 4.74 Å². The molecule has 0 bridgehead atoms. The minimum atomic E-state index is -0.556. The standard InChI is InChI=1S/C19H28O2/c1-4-6-7-8-9-10-11-12-13-14-15-16-17-19(5-2)21-18(3)20/h5,19H,2,4,6-13H2,1,3H3/t19-/m0/s1. The summed E-state index contributed by atoms with van der Waals surface area (Å²) in [6, 6.07) is 0. The van der Waals surface area contributed by atoms with Crippen molar-refractivity contribution in [3.8, 4) is 23.7 Å². The molecule has 2 heteroatoms. The predicted octanol–water partition coefficient (Wildman–Crippen LogP) is 4.64. The van der Waals surface area contributed by atoms with Gasteiger partial charge in [0, 0.05) is 13.3 Å². The van der Waals surface area contributed by atoms with Crippen molar-refractivity contribution in [1.29, 1.82) is 0 Å². The lowest BCUT2D eigenvalue weighted by Crippen LogP contribution is -2.10. The van der Waals surface area contributed by atoms with Crippen LogP contribution in [-0.2, 0) is 9.53 Å². The van der Waals surface area contributed by atoms with E-state index in [-0.39, 0.29) is 5.97 Å². The second kappa shape index (κ2) is 14.7. The zero-order valence-corrected chi connectivity index (χ0v) is 13.5. The smallest absolute Gasteiger partial charge is 0.304 e. The summed E-state index contributed by atoms with van der Waals surface area (Å²) in [5, 5.41) is 0. The molecule has 0 aliphatic carbocycles. The third-order valence-electron chi connectivity index (χ3n) is 3.03. The van der Waals surface area contributed by atoms with Crippen LogP contribution in [0, 0.1) is 23.7 Å². The Balaban J connectivity index is 3.61.